The Labute approximate surface area is 82.5 Å². The predicted molar refractivity (Wildman–Crippen MR) is 56.6 cm³/mol. The number of hydrogen-bond donors (Lipinski definition) is 1. The molecule has 1 aliphatic rings. The highest BCUT2D eigenvalue weighted by atomic mass is 16.3. The highest BCUT2D eigenvalue weighted by Crippen LogP contribution is 2.48. The van der Waals surface area contributed by atoms with Gasteiger partial charge in [0.25, 0.3) is 0 Å². The molecule has 1 N–H and O–H groups in total. The van der Waals surface area contributed by atoms with Crippen LogP contribution in [0.3, 0.4) is 0 Å². The normalized spacial score (nSPS) is 21.7. The highest BCUT2D eigenvalue weighted by Gasteiger charge is 2.40. The standard InChI is InChI=1S/C12H24O/c1-11(2,3)10(9-6-7-9)8-12(4,5)13/h9-10,13H,6-8H2,1-5H3. The van der Waals surface area contributed by atoms with E-state index in [1.165, 1.54) is 12.8 Å². The molecule has 1 rings (SSSR count). The second-order valence-corrected chi connectivity index (χ2v) is 6.33. The molecule has 0 spiro atoms. The SMILES string of the molecule is CC(C)(O)CC(C1CC1)C(C)(C)C. The average molecular weight is 184 g/mol. The fraction of sp³-hybridized carbons (Fsp3) is 1.00. The molecule has 0 aromatic heterocycles. The van der Waals surface area contributed by atoms with E-state index < -0.39 is 5.60 Å². The summed E-state index contributed by atoms with van der Waals surface area (Å²) in [6.45, 7) is 10.7. The van der Waals surface area contributed by atoms with Gasteiger partial charge in [-0.2, -0.15) is 0 Å². The van der Waals surface area contributed by atoms with Gasteiger partial charge in [-0.25, -0.2) is 0 Å². The average Bonchev–Trinajstić information content (AvgIpc) is 2.58. The van der Waals surface area contributed by atoms with Crippen LogP contribution in [0.4, 0.5) is 0 Å². The summed E-state index contributed by atoms with van der Waals surface area (Å²) in [5.41, 5.74) is -0.151. The maximum atomic E-state index is 9.83. The van der Waals surface area contributed by atoms with Gasteiger partial charge in [-0.15, -0.1) is 0 Å². The van der Waals surface area contributed by atoms with Crippen LogP contribution in [0.25, 0.3) is 0 Å². The molecule has 1 unspecified atom stereocenters. The maximum absolute atomic E-state index is 9.83. The molecule has 0 radical (unpaired) electrons. The van der Waals surface area contributed by atoms with Gasteiger partial charge in [0.05, 0.1) is 5.60 Å². The monoisotopic (exact) mass is 184 g/mol. The highest BCUT2D eigenvalue weighted by molar-refractivity contribution is 4.91. The lowest BCUT2D eigenvalue weighted by atomic mass is 9.72. The first kappa shape index (κ1) is 11.0. The van der Waals surface area contributed by atoms with E-state index >= 15 is 0 Å². The van der Waals surface area contributed by atoms with E-state index in [2.05, 4.69) is 20.8 Å². The van der Waals surface area contributed by atoms with E-state index in [-0.39, 0.29) is 0 Å². The summed E-state index contributed by atoms with van der Waals surface area (Å²) >= 11 is 0. The topological polar surface area (TPSA) is 20.2 Å². The molecule has 0 bridgehead atoms. The minimum atomic E-state index is -0.499. The zero-order valence-electron chi connectivity index (χ0n) is 9.72. The van der Waals surface area contributed by atoms with Crippen molar-refractivity contribution in [3.8, 4) is 0 Å². The Kier molecular flexibility index (Phi) is 2.78. The van der Waals surface area contributed by atoms with Crippen molar-refractivity contribution in [1.82, 2.24) is 0 Å². The molecule has 78 valence electrons. The summed E-state index contributed by atoms with van der Waals surface area (Å²) in [4.78, 5) is 0. The molecule has 1 atom stereocenters. The van der Waals surface area contributed by atoms with E-state index in [9.17, 15) is 5.11 Å². The predicted octanol–water partition coefficient (Wildman–Crippen LogP) is 3.22. The lowest BCUT2D eigenvalue weighted by Crippen LogP contribution is -2.31. The molecular weight excluding hydrogens is 160 g/mol. The minimum absolute atomic E-state index is 0.348. The summed E-state index contributed by atoms with van der Waals surface area (Å²) in [7, 11) is 0. The Morgan fingerprint density at radius 2 is 1.62 bits per heavy atom. The van der Waals surface area contributed by atoms with Gasteiger partial charge in [-0.1, -0.05) is 20.8 Å². The Morgan fingerprint density at radius 1 is 1.15 bits per heavy atom. The summed E-state index contributed by atoms with van der Waals surface area (Å²) in [5, 5.41) is 9.83. The smallest absolute Gasteiger partial charge is 0.0594 e. The van der Waals surface area contributed by atoms with E-state index in [0.29, 0.717) is 11.3 Å². The third-order valence-corrected chi connectivity index (χ3v) is 3.02. The number of rotatable bonds is 3. The van der Waals surface area contributed by atoms with Crippen LogP contribution in [0.15, 0.2) is 0 Å². The van der Waals surface area contributed by atoms with Crippen LogP contribution in [0.1, 0.15) is 53.9 Å². The lowest BCUT2D eigenvalue weighted by Gasteiger charge is -2.35. The van der Waals surface area contributed by atoms with Crippen molar-refractivity contribution in [2.24, 2.45) is 17.3 Å². The van der Waals surface area contributed by atoms with Crippen molar-refractivity contribution in [1.29, 1.82) is 0 Å². The quantitative estimate of drug-likeness (QED) is 0.714. The van der Waals surface area contributed by atoms with Crippen LogP contribution in [0.2, 0.25) is 0 Å². The van der Waals surface area contributed by atoms with Gasteiger partial charge in [0.15, 0.2) is 0 Å². The molecule has 0 aliphatic heterocycles. The first-order chi connectivity index (χ1) is 5.70. The van der Waals surface area contributed by atoms with Crippen molar-refractivity contribution in [2.45, 2.75) is 59.5 Å². The number of aliphatic hydroxyl groups is 1. The fourth-order valence-corrected chi connectivity index (χ4v) is 2.22. The molecule has 1 aliphatic carbocycles. The molecule has 1 nitrogen and oxygen atoms in total. The van der Waals surface area contributed by atoms with Gasteiger partial charge in [0, 0.05) is 0 Å². The molecule has 0 aromatic carbocycles. The third kappa shape index (κ3) is 3.68. The molecule has 0 amide bonds. The first-order valence-corrected chi connectivity index (χ1v) is 5.42. The molecule has 1 saturated carbocycles. The minimum Gasteiger partial charge on any atom is -0.390 e. The van der Waals surface area contributed by atoms with Gasteiger partial charge in [0.2, 0.25) is 0 Å². The second kappa shape index (κ2) is 3.27. The Morgan fingerprint density at radius 3 is 1.85 bits per heavy atom. The van der Waals surface area contributed by atoms with Gasteiger partial charge < -0.3 is 5.11 Å². The van der Waals surface area contributed by atoms with Crippen LogP contribution in [-0.2, 0) is 0 Å². The molecule has 0 heterocycles. The van der Waals surface area contributed by atoms with Crippen LogP contribution in [0.5, 0.6) is 0 Å². The zero-order chi connectivity index (χ0) is 10.3. The Balaban J connectivity index is 2.58. The molecular formula is C12H24O. The summed E-state index contributed by atoms with van der Waals surface area (Å²) in [5.74, 6) is 1.57. The van der Waals surface area contributed by atoms with Gasteiger partial charge >= 0.3 is 0 Å². The van der Waals surface area contributed by atoms with Crippen molar-refractivity contribution >= 4 is 0 Å². The molecule has 1 fully saturated rings. The van der Waals surface area contributed by atoms with Crippen molar-refractivity contribution in [3.63, 3.8) is 0 Å². The van der Waals surface area contributed by atoms with Gasteiger partial charge in [-0.3, -0.25) is 0 Å². The van der Waals surface area contributed by atoms with Crippen molar-refractivity contribution < 1.29 is 5.11 Å². The molecule has 0 saturated heterocycles. The largest absolute Gasteiger partial charge is 0.390 e. The summed E-state index contributed by atoms with van der Waals surface area (Å²) in [6, 6.07) is 0. The molecule has 13 heavy (non-hydrogen) atoms. The Bertz CT molecular complexity index is 167. The fourth-order valence-electron chi connectivity index (χ4n) is 2.22. The van der Waals surface area contributed by atoms with E-state index in [4.69, 9.17) is 0 Å². The second-order valence-electron chi connectivity index (χ2n) is 6.33. The van der Waals surface area contributed by atoms with Crippen LogP contribution in [-0.4, -0.2) is 10.7 Å². The van der Waals surface area contributed by atoms with Crippen molar-refractivity contribution in [3.05, 3.63) is 0 Å². The van der Waals surface area contributed by atoms with E-state index in [1.807, 2.05) is 13.8 Å². The lowest BCUT2D eigenvalue weighted by molar-refractivity contribution is 0.0221. The van der Waals surface area contributed by atoms with E-state index in [1.54, 1.807) is 0 Å². The maximum Gasteiger partial charge on any atom is 0.0594 e. The van der Waals surface area contributed by atoms with E-state index in [0.717, 1.165) is 12.3 Å². The van der Waals surface area contributed by atoms with Crippen molar-refractivity contribution in [2.75, 3.05) is 0 Å². The first-order valence-electron chi connectivity index (χ1n) is 5.42. The molecule has 1 heteroatoms. The van der Waals surface area contributed by atoms with Crippen LogP contribution < -0.4 is 0 Å². The molecule has 0 aromatic rings. The van der Waals surface area contributed by atoms with Gasteiger partial charge in [-0.05, 0) is 50.4 Å². The van der Waals surface area contributed by atoms with Crippen LogP contribution in [0, 0.1) is 17.3 Å². The number of hydrogen-bond acceptors (Lipinski definition) is 1. The third-order valence-electron chi connectivity index (χ3n) is 3.02. The summed E-state index contributed by atoms with van der Waals surface area (Å²) < 4.78 is 0. The zero-order valence-corrected chi connectivity index (χ0v) is 9.72. The Hall–Kier alpha value is -0.0400. The summed E-state index contributed by atoms with van der Waals surface area (Å²) in [6.07, 6.45) is 3.69. The van der Waals surface area contributed by atoms with Gasteiger partial charge in [0.1, 0.15) is 0 Å². The van der Waals surface area contributed by atoms with Crippen LogP contribution >= 0.6 is 0 Å².